The molecule has 0 saturated carbocycles. The zero-order chi connectivity index (χ0) is 16.0. The van der Waals surface area contributed by atoms with E-state index in [1.54, 1.807) is 0 Å². The molecule has 1 atom stereocenters. The predicted molar refractivity (Wildman–Crippen MR) is 91.0 cm³/mol. The van der Waals surface area contributed by atoms with E-state index < -0.39 is 9.84 Å². The molecule has 0 amide bonds. The normalized spacial score (nSPS) is 27.0. The van der Waals surface area contributed by atoms with Gasteiger partial charge < -0.3 is 15.5 Å². The van der Waals surface area contributed by atoms with E-state index in [9.17, 15) is 8.42 Å². The third kappa shape index (κ3) is 5.76. The van der Waals surface area contributed by atoms with Gasteiger partial charge in [-0.3, -0.25) is 4.99 Å². The topological polar surface area (TPSA) is 73.8 Å². The van der Waals surface area contributed by atoms with E-state index in [1.807, 2.05) is 6.92 Å². The summed E-state index contributed by atoms with van der Waals surface area (Å²) in [6.07, 6.45) is 4.32. The summed E-state index contributed by atoms with van der Waals surface area (Å²) in [6, 6.07) is 0.00568. The second-order valence-corrected chi connectivity index (χ2v) is 8.77. The number of nitrogens with one attached hydrogen (secondary N) is 2. The highest BCUT2D eigenvalue weighted by Crippen LogP contribution is 2.19. The second-order valence-electron chi connectivity index (χ2n) is 6.54. The number of likely N-dealkylation sites (tertiary alicyclic amines) is 1. The lowest BCUT2D eigenvalue weighted by atomic mass is 9.94. The van der Waals surface area contributed by atoms with Crippen molar-refractivity contribution in [3.63, 3.8) is 0 Å². The van der Waals surface area contributed by atoms with Gasteiger partial charge in [-0.2, -0.15) is 0 Å². The van der Waals surface area contributed by atoms with Crippen LogP contribution < -0.4 is 10.6 Å². The van der Waals surface area contributed by atoms with E-state index in [1.165, 1.54) is 25.9 Å². The average Bonchev–Trinajstić information content (AvgIpc) is 2.80. The van der Waals surface area contributed by atoms with E-state index in [4.69, 9.17) is 0 Å². The Balaban J connectivity index is 1.77. The Morgan fingerprint density at radius 1 is 1.27 bits per heavy atom. The maximum absolute atomic E-state index is 11.5. The Hall–Kier alpha value is -0.820. The number of aliphatic imine (C=N–C) groups is 1. The van der Waals surface area contributed by atoms with E-state index in [-0.39, 0.29) is 11.8 Å². The summed E-state index contributed by atoms with van der Waals surface area (Å²) >= 11 is 0. The molecule has 2 N–H and O–H groups in total. The van der Waals surface area contributed by atoms with Crippen molar-refractivity contribution in [3.05, 3.63) is 0 Å². The highest BCUT2D eigenvalue weighted by molar-refractivity contribution is 7.91. The molecule has 1 unspecified atom stereocenters. The van der Waals surface area contributed by atoms with Gasteiger partial charge in [-0.05, 0) is 58.7 Å². The van der Waals surface area contributed by atoms with Crippen LogP contribution in [0.25, 0.3) is 0 Å². The zero-order valence-corrected chi connectivity index (χ0v) is 14.7. The van der Waals surface area contributed by atoms with E-state index in [2.05, 4.69) is 27.6 Å². The van der Waals surface area contributed by atoms with Crippen LogP contribution in [0.1, 0.15) is 32.6 Å². The quantitative estimate of drug-likeness (QED) is 0.566. The highest BCUT2D eigenvalue weighted by atomic mass is 32.2. The maximum atomic E-state index is 11.5. The Morgan fingerprint density at radius 3 is 2.59 bits per heavy atom. The Labute approximate surface area is 134 Å². The van der Waals surface area contributed by atoms with Crippen molar-refractivity contribution >= 4 is 15.8 Å². The second kappa shape index (κ2) is 8.15. The fraction of sp³-hybridized carbons (Fsp3) is 0.933. The molecule has 2 aliphatic heterocycles. The first-order valence-corrected chi connectivity index (χ1v) is 10.2. The fourth-order valence-corrected chi connectivity index (χ4v) is 4.81. The van der Waals surface area contributed by atoms with E-state index in [0.29, 0.717) is 12.2 Å². The Bertz CT molecular complexity index is 470. The average molecular weight is 330 g/mol. The van der Waals surface area contributed by atoms with Crippen molar-refractivity contribution in [1.29, 1.82) is 0 Å². The molecule has 0 bridgehead atoms. The minimum atomic E-state index is -2.85. The SMILES string of the molecule is CCNC(=NCCC1CCN(C)CC1)NC1CCS(=O)(=O)C1. The monoisotopic (exact) mass is 330 g/mol. The zero-order valence-electron chi connectivity index (χ0n) is 13.8. The van der Waals surface area contributed by atoms with Crippen LogP contribution in [0.2, 0.25) is 0 Å². The molecule has 0 spiro atoms. The first-order chi connectivity index (χ1) is 10.5. The van der Waals surface area contributed by atoms with Gasteiger partial charge in [0, 0.05) is 19.1 Å². The van der Waals surface area contributed by atoms with Crippen LogP contribution in [0.4, 0.5) is 0 Å². The number of rotatable bonds is 5. The van der Waals surface area contributed by atoms with Gasteiger partial charge in [-0.25, -0.2) is 8.42 Å². The molecule has 2 fully saturated rings. The molecule has 2 aliphatic rings. The van der Waals surface area contributed by atoms with Gasteiger partial charge in [-0.15, -0.1) is 0 Å². The summed E-state index contributed by atoms with van der Waals surface area (Å²) in [5.41, 5.74) is 0. The Morgan fingerprint density at radius 2 is 2.00 bits per heavy atom. The lowest BCUT2D eigenvalue weighted by Crippen LogP contribution is -2.44. The van der Waals surface area contributed by atoms with Crippen molar-refractivity contribution in [3.8, 4) is 0 Å². The van der Waals surface area contributed by atoms with Crippen molar-refractivity contribution in [1.82, 2.24) is 15.5 Å². The maximum Gasteiger partial charge on any atom is 0.191 e. The molecule has 0 radical (unpaired) electrons. The first-order valence-electron chi connectivity index (χ1n) is 8.42. The molecule has 6 nitrogen and oxygen atoms in total. The van der Waals surface area contributed by atoms with Crippen LogP contribution >= 0.6 is 0 Å². The first kappa shape index (κ1) is 17.5. The third-order valence-corrected chi connectivity index (χ3v) is 6.33. The number of guanidine groups is 1. The molecule has 2 rings (SSSR count). The summed E-state index contributed by atoms with van der Waals surface area (Å²) in [6.45, 7) is 6.00. The lowest BCUT2D eigenvalue weighted by Gasteiger charge is -2.28. The minimum Gasteiger partial charge on any atom is -0.357 e. The van der Waals surface area contributed by atoms with Crippen molar-refractivity contribution < 1.29 is 8.42 Å². The van der Waals surface area contributed by atoms with Crippen molar-refractivity contribution in [2.75, 3.05) is 44.7 Å². The summed E-state index contributed by atoms with van der Waals surface area (Å²) in [4.78, 5) is 7.00. The molecule has 0 aromatic heterocycles. The molecular formula is C15H30N4O2S. The van der Waals surface area contributed by atoms with Crippen molar-refractivity contribution in [2.24, 2.45) is 10.9 Å². The fourth-order valence-electron chi connectivity index (χ4n) is 3.13. The van der Waals surface area contributed by atoms with Crippen LogP contribution in [0, 0.1) is 5.92 Å². The molecule has 2 saturated heterocycles. The molecule has 0 aromatic rings. The lowest BCUT2D eigenvalue weighted by molar-refractivity contribution is 0.214. The molecular weight excluding hydrogens is 300 g/mol. The smallest absolute Gasteiger partial charge is 0.191 e. The van der Waals surface area contributed by atoms with Crippen LogP contribution in [0.15, 0.2) is 4.99 Å². The van der Waals surface area contributed by atoms with Gasteiger partial charge in [0.15, 0.2) is 15.8 Å². The van der Waals surface area contributed by atoms with Gasteiger partial charge in [0.25, 0.3) is 0 Å². The van der Waals surface area contributed by atoms with E-state index >= 15 is 0 Å². The van der Waals surface area contributed by atoms with Gasteiger partial charge in [0.2, 0.25) is 0 Å². The largest absolute Gasteiger partial charge is 0.357 e. The van der Waals surface area contributed by atoms with Crippen LogP contribution in [-0.2, 0) is 9.84 Å². The molecule has 128 valence electrons. The molecule has 0 aliphatic carbocycles. The van der Waals surface area contributed by atoms with E-state index in [0.717, 1.165) is 31.4 Å². The molecule has 2 heterocycles. The van der Waals surface area contributed by atoms with Crippen LogP contribution in [-0.4, -0.2) is 70.1 Å². The van der Waals surface area contributed by atoms with Gasteiger partial charge >= 0.3 is 0 Å². The van der Waals surface area contributed by atoms with Crippen molar-refractivity contribution in [2.45, 2.75) is 38.6 Å². The number of hydrogen-bond acceptors (Lipinski definition) is 4. The summed E-state index contributed by atoms with van der Waals surface area (Å²) < 4.78 is 23.0. The summed E-state index contributed by atoms with van der Waals surface area (Å²) in [5.74, 6) is 2.05. The summed E-state index contributed by atoms with van der Waals surface area (Å²) in [5, 5.41) is 6.49. The van der Waals surface area contributed by atoms with Gasteiger partial charge in [0.05, 0.1) is 11.5 Å². The third-order valence-electron chi connectivity index (χ3n) is 4.56. The summed E-state index contributed by atoms with van der Waals surface area (Å²) in [7, 11) is -0.671. The van der Waals surface area contributed by atoms with Crippen LogP contribution in [0.5, 0.6) is 0 Å². The molecule has 22 heavy (non-hydrogen) atoms. The number of piperidine rings is 1. The van der Waals surface area contributed by atoms with Gasteiger partial charge in [-0.1, -0.05) is 0 Å². The number of nitrogens with zero attached hydrogens (tertiary/aromatic N) is 2. The predicted octanol–water partition coefficient (Wildman–Crippen LogP) is 0.461. The molecule has 7 heteroatoms. The van der Waals surface area contributed by atoms with Crippen LogP contribution in [0.3, 0.4) is 0 Å². The highest BCUT2D eigenvalue weighted by Gasteiger charge is 2.28. The standard InChI is InChI=1S/C15H30N4O2S/c1-3-16-15(18-14-7-11-22(20,21)12-14)17-8-4-13-5-9-19(2)10-6-13/h13-14H,3-12H2,1-2H3,(H2,16,17,18). The number of hydrogen-bond donors (Lipinski definition) is 2. The minimum absolute atomic E-state index is 0.00568. The van der Waals surface area contributed by atoms with Gasteiger partial charge in [0.1, 0.15) is 0 Å². The number of sulfone groups is 1. The molecule has 0 aromatic carbocycles. The Kier molecular flexibility index (Phi) is 6.50.